The maximum Gasteiger partial charge on any atom is 0.258 e. The van der Waals surface area contributed by atoms with E-state index in [9.17, 15) is 4.79 Å². The van der Waals surface area contributed by atoms with Gasteiger partial charge in [-0.2, -0.15) is 0 Å². The summed E-state index contributed by atoms with van der Waals surface area (Å²) in [6, 6.07) is 5.55. The van der Waals surface area contributed by atoms with E-state index < -0.39 is 0 Å². The first kappa shape index (κ1) is 16.1. The quantitative estimate of drug-likeness (QED) is 0.844. The summed E-state index contributed by atoms with van der Waals surface area (Å²) in [7, 11) is 1.64. The minimum atomic E-state index is 0.0268. The van der Waals surface area contributed by atoms with E-state index in [-0.39, 0.29) is 5.91 Å². The van der Waals surface area contributed by atoms with Crippen LogP contribution in [0.15, 0.2) is 28.6 Å². The van der Waals surface area contributed by atoms with Gasteiger partial charge in [0.05, 0.1) is 22.8 Å². The second kappa shape index (κ2) is 6.76. The Hall–Kier alpha value is -1.79. The number of hydrogen-bond donors (Lipinski definition) is 0. The summed E-state index contributed by atoms with van der Waals surface area (Å²) in [6.07, 6.45) is 2.00. The fourth-order valence-electron chi connectivity index (χ4n) is 2.49. The van der Waals surface area contributed by atoms with E-state index in [2.05, 4.69) is 4.98 Å². The lowest BCUT2D eigenvalue weighted by molar-refractivity contribution is 0.0831. The van der Waals surface area contributed by atoms with Gasteiger partial charge in [-0.25, -0.2) is 4.98 Å². The zero-order valence-electron chi connectivity index (χ0n) is 13.3. The van der Waals surface area contributed by atoms with E-state index in [1.807, 2.05) is 48.4 Å². The van der Waals surface area contributed by atoms with E-state index in [0.717, 1.165) is 39.3 Å². The molecule has 23 heavy (non-hydrogen) atoms. The zero-order chi connectivity index (χ0) is 16.4. The van der Waals surface area contributed by atoms with Crippen LogP contribution in [-0.2, 0) is 0 Å². The summed E-state index contributed by atoms with van der Waals surface area (Å²) in [5, 5.41) is 4.01. The summed E-state index contributed by atoms with van der Waals surface area (Å²) < 4.78 is 5.26. The van der Waals surface area contributed by atoms with Crippen molar-refractivity contribution in [1.82, 2.24) is 9.88 Å². The summed E-state index contributed by atoms with van der Waals surface area (Å²) >= 11 is 3.31. The number of rotatable bonds is 3. The van der Waals surface area contributed by atoms with Gasteiger partial charge in [-0.3, -0.25) is 4.79 Å². The highest BCUT2D eigenvalue weighted by molar-refractivity contribution is 8.03. The predicted octanol–water partition coefficient (Wildman–Crippen LogP) is 3.96. The van der Waals surface area contributed by atoms with Crippen molar-refractivity contribution >= 4 is 35.1 Å². The first-order chi connectivity index (χ1) is 11.1. The Bertz CT molecular complexity index is 768. The van der Waals surface area contributed by atoms with Gasteiger partial charge in [0.25, 0.3) is 5.91 Å². The van der Waals surface area contributed by atoms with E-state index in [0.29, 0.717) is 5.56 Å². The molecule has 1 saturated heterocycles. The molecule has 6 heteroatoms. The molecule has 0 atom stereocenters. The Morgan fingerprint density at radius 3 is 2.87 bits per heavy atom. The Morgan fingerprint density at radius 1 is 1.39 bits per heavy atom. The first-order valence-electron chi connectivity index (χ1n) is 7.31. The highest BCUT2D eigenvalue weighted by Gasteiger charge is 2.25. The molecule has 0 saturated carbocycles. The summed E-state index contributed by atoms with van der Waals surface area (Å²) in [6.45, 7) is 4.66. The average molecular weight is 346 g/mol. The van der Waals surface area contributed by atoms with Gasteiger partial charge in [-0.15, -0.1) is 23.1 Å². The molecular weight excluding hydrogens is 328 g/mol. The number of methoxy groups -OCH3 is 1. The monoisotopic (exact) mass is 346 g/mol. The van der Waals surface area contributed by atoms with Crippen LogP contribution in [0.3, 0.4) is 0 Å². The van der Waals surface area contributed by atoms with Crippen LogP contribution >= 0.6 is 23.1 Å². The third-order valence-electron chi connectivity index (χ3n) is 3.63. The molecule has 1 aliphatic heterocycles. The molecule has 0 spiro atoms. The average Bonchev–Trinajstić information content (AvgIpc) is 3.16. The highest BCUT2D eigenvalue weighted by Crippen LogP contribution is 2.32. The van der Waals surface area contributed by atoms with E-state index in [1.54, 1.807) is 30.2 Å². The molecule has 0 N–H and O–H groups in total. The molecule has 0 aliphatic carbocycles. The highest BCUT2D eigenvalue weighted by atomic mass is 32.2. The van der Waals surface area contributed by atoms with Gasteiger partial charge in [0.1, 0.15) is 5.75 Å². The Morgan fingerprint density at radius 2 is 2.22 bits per heavy atom. The number of thioether (sulfide) groups is 1. The van der Waals surface area contributed by atoms with Crippen molar-refractivity contribution < 1.29 is 9.53 Å². The maximum absolute atomic E-state index is 12.8. The molecule has 4 nitrogen and oxygen atoms in total. The van der Waals surface area contributed by atoms with E-state index in [4.69, 9.17) is 4.74 Å². The lowest BCUT2D eigenvalue weighted by Crippen LogP contribution is -2.26. The molecular formula is C17H18N2O2S2. The lowest BCUT2D eigenvalue weighted by atomic mass is 10.1. The van der Waals surface area contributed by atoms with Gasteiger partial charge in [-0.1, -0.05) is 0 Å². The standard InChI is InChI=1S/C17H18N2O2S2/c1-11-8-13(4-5-15(11)21-3)17(20)19-6-7-22-16(19)9-14-10-23-12(2)18-14/h4-5,8-10H,6-7H2,1-3H3/b16-9+. The smallest absolute Gasteiger partial charge is 0.258 e. The Labute approximate surface area is 144 Å². The first-order valence-corrected chi connectivity index (χ1v) is 9.18. The van der Waals surface area contributed by atoms with Gasteiger partial charge in [0, 0.05) is 23.2 Å². The van der Waals surface area contributed by atoms with Crippen molar-refractivity contribution in [3.05, 3.63) is 50.4 Å². The molecule has 120 valence electrons. The SMILES string of the molecule is COc1ccc(C(=O)N2CCS/C2=C/c2csc(C)n2)cc1C. The molecule has 0 bridgehead atoms. The molecule has 3 rings (SSSR count). The van der Waals surface area contributed by atoms with Crippen molar-refractivity contribution in [2.24, 2.45) is 0 Å². The van der Waals surface area contributed by atoms with Crippen molar-refractivity contribution in [2.45, 2.75) is 13.8 Å². The van der Waals surface area contributed by atoms with Crippen LogP contribution in [0.2, 0.25) is 0 Å². The lowest BCUT2D eigenvalue weighted by Gasteiger charge is -2.17. The molecule has 2 heterocycles. The number of carbonyl (C=O) groups excluding carboxylic acids is 1. The van der Waals surface area contributed by atoms with Gasteiger partial charge in [0.2, 0.25) is 0 Å². The van der Waals surface area contributed by atoms with Gasteiger partial charge < -0.3 is 9.64 Å². The van der Waals surface area contributed by atoms with Crippen LogP contribution < -0.4 is 4.74 Å². The molecule has 2 aromatic rings. The maximum atomic E-state index is 12.8. The number of ether oxygens (including phenoxy) is 1. The number of aromatic nitrogens is 1. The van der Waals surface area contributed by atoms with Crippen LogP contribution in [0.25, 0.3) is 6.08 Å². The topological polar surface area (TPSA) is 42.4 Å². The van der Waals surface area contributed by atoms with Crippen LogP contribution in [0.4, 0.5) is 0 Å². The number of hydrogen-bond acceptors (Lipinski definition) is 5. The minimum Gasteiger partial charge on any atom is -0.496 e. The number of nitrogens with zero attached hydrogens (tertiary/aromatic N) is 2. The van der Waals surface area contributed by atoms with E-state index in [1.165, 1.54) is 0 Å². The number of thiazole rings is 1. The van der Waals surface area contributed by atoms with Crippen molar-refractivity contribution in [3.8, 4) is 5.75 Å². The molecule has 0 radical (unpaired) electrons. The summed E-state index contributed by atoms with van der Waals surface area (Å²) in [4.78, 5) is 19.1. The Balaban J connectivity index is 1.86. The molecule has 1 aromatic heterocycles. The molecule has 1 aliphatic rings. The van der Waals surface area contributed by atoms with Gasteiger partial charge in [-0.05, 0) is 43.7 Å². The van der Waals surface area contributed by atoms with Crippen LogP contribution in [0.1, 0.15) is 26.6 Å². The minimum absolute atomic E-state index is 0.0268. The largest absolute Gasteiger partial charge is 0.496 e. The molecule has 1 amide bonds. The molecule has 0 unspecified atom stereocenters. The number of aryl methyl sites for hydroxylation is 2. The zero-order valence-corrected chi connectivity index (χ0v) is 15.0. The second-order valence-electron chi connectivity index (χ2n) is 5.26. The van der Waals surface area contributed by atoms with Crippen molar-refractivity contribution in [3.63, 3.8) is 0 Å². The Kier molecular flexibility index (Phi) is 4.73. The molecule has 1 aromatic carbocycles. The summed E-state index contributed by atoms with van der Waals surface area (Å²) in [5.41, 5.74) is 2.57. The fraction of sp³-hybridized carbons (Fsp3) is 0.294. The third kappa shape index (κ3) is 3.43. The summed E-state index contributed by atoms with van der Waals surface area (Å²) in [5.74, 6) is 1.74. The third-order valence-corrected chi connectivity index (χ3v) is 5.44. The van der Waals surface area contributed by atoms with E-state index >= 15 is 0 Å². The second-order valence-corrected chi connectivity index (χ2v) is 7.44. The van der Waals surface area contributed by atoms with Crippen molar-refractivity contribution in [1.29, 1.82) is 0 Å². The van der Waals surface area contributed by atoms with Crippen LogP contribution in [0.5, 0.6) is 5.75 Å². The normalized spacial score (nSPS) is 16.1. The fourth-order valence-corrected chi connectivity index (χ4v) is 4.08. The predicted molar refractivity (Wildman–Crippen MR) is 96.1 cm³/mol. The van der Waals surface area contributed by atoms with Crippen LogP contribution in [0, 0.1) is 13.8 Å². The number of carbonyl (C=O) groups is 1. The van der Waals surface area contributed by atoms with Gasteiger partial charge >= 0.3 is 0 Å². The van der Waals surface area contributed by atoms with Crippen LogP contribution in [-0.4, -0.2) is 35.2 Å². The number of amides is 1. The number of benzene rings is 1. The molecule has 1 fully saturated rings. The van der Waals surface area contributed by atoms with Crippen molar-refractivity contribution in [2.75, 3.05) is 19.4 Å². The van der Waals surface area contributed by atoms with Gasteiger partial charge in [0.15, 0.2) is 0 Å².